The zero-order chi connectivity index (χ0) is 19.2. The molecule has 3 rings (SSSR count). The number of fused-ring (bicyclic) bond motifs is 1. The lowest BCUT2D eigenvalue weighted by molar-refractivity contribution is -0.135. The largest absolute Gasteiger partial charge is 0.497 e. The maximum Gasteiger partial charge on any atom is 0.353 e. The van der Waals surface area contributed by atoms with Crippen LogP contribution in [0.4, 0.5) is 0 Å². The van der Waals surface area contributed by atoms with E-state index in [9.17, 15) is 18.0 Å². The first-order valence-electron chi connectivity index (χ1n) is 7.66. The van der Waals surface area contributed by atoms with Gasteiger partial charge in [-0.25, -0.2) is 13.2 Å². The lowest BCUT2D eigenvalue weighted by Gasteiger charge is -2.16. The summed E-state index contributed by atoms with van der Waals surface area (Å²) in [4.78, 5) is 23.9. The van der Waals surface area contributed by atoms with Crippen molar-refractivity contribution >= 4 is 33.5 Å². The molecule has 0 unspecified atom stereocenters. The Kier molecular flexibility index (Phi) is 4.61. The summed E-state index contributed by atoms with van der Waals surface area (Å²) in [5.41, 5.74) is 0.662. The molecular weight excluding hydrogens is 386 g/mol. The summed E-state index contributed by atoms with van der Waals surface area (Å²) in [6.07, 6.45) is 0. The average Bonchev–Trinajstić information content (AvgIpc) is 3.01. The second-order valence-electron chi connectivity index (χ2n) is 5.99. The number of nitrogens with zero attached hydrogens (tertiary/aromatic N) is 1. The highest BCUT2D eigenvalue weighted by Crippen LogP contribution is 2.38. The van der Waals surface area contributed by atoms with Gasteiger partial charge in [0.15, 0.2) is 24.1 Å². The van der Waals surface area contributed by atoms with Gasteiger partial charge in [0.05, 0.1) is 12.7 Å². The molecule has 0 atom stereocenters. The lowest BCUT2D eigenvalue weighted by Crippen LogP contribution is -2.32. The van der Waals surface area contributed by atoms with E-state index in [1.807, 2.05) is 13.8 Å². The number of methoxy groups -OCH3 is 1. The smallest absolute Gasteiger partial charge is 0.353 e. The third kappa shape index (κ3) is 2.80. The van der Waals surface area contributed by atoms with Crippen molar-refractivity contribution in [3.05, 3.63) is 34.1 Å². The molecule has 1 amide bonds. The van der Waals surface area contributed by atoms with Gasteiger partial charge in [-0.05, 0) is 17.5 Å². The summed E-state index contributed by atoms with van der Waals surface area (Å²) >= 11 is 5.73. The minimum Gasteiger partial charge on any atom is -0.497 e. The molecule has 0 radical (unpaired) electrons. The van der Waals surface area contributed by atoms with Crippen molar-refractivity contribution in [1.29, 1.82) is 0 Å². The van der Waals surface area contributed by atoms with Gasteiger partial charge < -0.3 is 14.2 Å². The highest BCUT2D eigenvalue weighted by Gasteiger charge is 2.44. The number of carbonyl (C=O) groups excluding carboxylic acids is 2. The topological polar surface area (TPSA) is 99.2 Å². The van der Waals surface area contributed by atoms with Gasteiger partial charge in [-0.2, -0.15) is 4.31 Å². The number of rotatable bonds is 5. The Labute approximate surface area is 155 Å². The molecule has 26 heavy (non-hydrogen) atoms. The average molecular weight is 402 g/mol. The van der Waals surface area contributed by atoms with E-state index in [2.05, 4.69) is 4.74 Å². The van der Waals surface area contributed by atoms with Crippen molar-refractivity contribution in [3.8, 4) is 5.75 Å². The molecule has 2 aliphatic rings. The standard InChI is InChI=1S/C16H16ClNO7S/c1-8(2)10-4-9(23-3)5-12-13(10)15(19)18(26(12,21)22)7-25-11-6-24-16(20)14(11)17/h4-5,8H,6-7H2,1-3H3. The fraction of sp³-hybridized carbons (Fsp3) is 0.375. The van der Waals surface area contributed by atoms with Gasteiger partial charge in [0, 0.05) is 6.07 Å². The Bertz CT molecular complexity index is 936. The van der Waals surface area contributed by atoms with Crippen molar-refractivity contribution in [2.75, 3.05) is 20.4 Å². The van der Waals surface area contributed by atoms with Crippen LogP contribution < -0.4 is 4.74 Å². The number of benzene rings is 1. The van der Waals surface area contributed by atoms with E-state index >= 15 is 0 Å². The van der Waals surface area contributed by atoms with E-state index in [1.165, 1.54) is 13.2 Å². The maximum atomic E-state index is 12.8. The van der Waals surface area contributed by atoms with Crippen LogP contribution in [-0.2, 0) is 24.3 Å². The predicted octanol–water partition coefficient (Wildman–Crippen LogP) is 1.94. The summed E-state index contributed by atoms with van der Waals surface area (Å²) < 4.78 is 41.3. The molecule has 0 saturated heterocycles. The molecule has 2 aliphatic heterocycles. The van der Waals surface area contributed by atoms with Gasteiger partial charge in [-0.1, -0.05) is 25.4 Å². The van der Waals surface area contributed by atoms with Gasteiger partial charge in [-0.3, -0.25) is 4.79 Å². The van der Waals surface area contributed by atoms with E-state index in [1.54, 1.807) is 6.07 Å². The fourth-order valence-corrected chi connectivity index (χ4v) is 4.34. The Morgan fingerprint density at radius 1 is 1.31 bits per heavy atom. The maximum absolute atomic E-state index is 12.8. The molecule has 0 N–H and O–H groups in total. The van der Waals surface area contributed by atoms with E-state index in [4.69, 9.17) is 21.1 Å². The first-order valence-corrected chi connectivity index (χ1v) is 9.47. The molecule has 0 spiro atoms. The molecule has 0 aliphatic carbocycles. The molecule has 10 heteroatoms. The molecule has 1 aromatic rings. The second kappa shape index (κ2) is 6.48. The Morgan fingerprint density at radius 3 is 2.54 bits per heavy atom. The number of esters is 1. The fourth-order valence-electron chi connectivity index (χ4n) is 2.71. The summed E-state index contributed by atoms with van der Waals surface area (Å²) in [6.45, 7) is 2.87. The number of ether oxygens (including phenoxy) is 3. The van der Waals surface area contributed by atoms with E-state index in [-0.39, 0.29) is 33.8 Å². The number of hydrogen-bond acceptors (Lipinski definition) is 7. The molecule has 0 bridgehead atoms. The highest BCUT2D eigenvalue weighted by atomic mass is 35.5. The van der Waals surface area contributed by atoms with E-state index < -0.39 is 28.6 Å². The molecule has 0 saturated carbocycles. The Balaban J connectivity index is 1.99. The normalized spacial score (nSPS) is 18.4. The number of halogens is 1. The summed E-state index contributed by atoms with van der Waals surface area (Å²) in [6, 6.07) is 2.95. The Morgan fingerprint density at radius 2 is 2.00 bits per heavy atom. The van der Waals surface area contributed by atoms with Crippen LogP contribution in [0.3, 0.4) is 0 Å². The number of carbonyl (C=O) groups is 2. The van der Waals surface area contributed by atoms with Crippen LogP contribution in [0.25, 0.3) is 0 Å². The Hall–Kier alpha value is -2.26. The number of sulfonamides is 1. The van der Waals surface area contributed by atoms with Gasteiger partial charge in [0.1, 0.15) is 10.6 Å². The van der Waals surface area contributed by atoms with Crippen LogP contribution in [0.1, 0.15) is 35.7 Å². The first kappa shape index (κ1) is 18.5. The molecular formula is C16H16ClNO7S. The van der Waals surface area contributed by atoms with Gasteiger partial charge in [0.2, 0.25) is 0 Å². The molecule has 140 valence electrons. The SMILES string of the molecule is COc1cc(C(C)C)c2c(c1)S(=O)(=O)N(COC1=C(Cl)C(=O)OC1)C2=O. The van der Waals surface area contributed by atoms with Crippen molar-refractivity contribution in [1.82, 2.24) is 4.31 Å². The van der Waals surface area contributed by atoms with Crippen molar-refractivity contribution in [2.45, 2.75) is 24.7 Å². The molecule has 1 aromatic carbocycles. The zero-order valence-corrected chi connectivity index (χ0v) is 15.8. The quantitative estimate of drug-likeness (QED) is 0.695. The van der Waals surface area contributed by atoms with Crippen LogP contribution in [0.15, 0.2) is 27.8 Å². The minimum atomic E-state index is -4.12. The number of amides is 1. The third-order valence-corrected chi connectivity index (χ3v) is 6.18. The first-order chi connectivity index (χ1) is 12.2. The molecule has 8 nitrogen and oxygen atoms in total. The second-order valence-corrected chi connectivity index (χ2v) is 8.20. The summed E-state index contributed by atoms with van der Waals surface area (Å²) in [5, 5.41) is -0.268. The van der Waals surface area contributed by atoms with Gasteiger partial charge in [0.25, 0.3) is 15.9 Å². The van der Waals surface area contributed by atoms with Crippen molar-refractivity contribution < 1.29 is 32.2 Å². The lowest BCUT2D eigenvalue weighted by atomic mass is 9.96. The van der Waals surface area contributed by atoms with E-state index in [0.29, 0.717) is 15.6 Å². The predicted molar refractivity (Wildman–Crippen MR) is 90.2 cm³/mol. The van der Waals surface area contributed by atoms with Crippen LogP contribution in [0.5, 0.6) is 5.75 Å². The van der Waals surface area contributed by atoms with Crippen LogP contribution in [0.2, 0.25) is 0 Å². The monoisotopic (exact) mass is 401 g/mol. The minimum absolute atomic E-state index is 0.0164. The highest BCUT2D eigenvalue weighted by molar-refractivity contribution is 7.90. The molecule has 0 aromatic heterocycles. The number of hydrogen-bond donors (Lipinski definition) is 0. The third-order valence-electron chi connectivity index (χ3n) is 4.09. The van der Waals surface area contributed by atoms with Crippen LogP contribution in [0, 0.1) is 0 Å². The van der Waals surface area contributed by atoms with Crippen LogP contribution in [-0.4, -0.2) is 45.0 Å². The van der Waals surface area contributed by atoms with Gasteiger partial charge >= 0.3 is 5.97 Å². The summed E-state index contributed by atoms with van der Waals surface area (Å²) in [5.74, 6) is -1.23. The van der Waals surface area contributed by atoms with Gasteiger partial charge in [-0.15, -0.1) is 0 Å². The van der Waals surface area contributed by atoms with Crippen LogP contribution >= 0.6 is 11.6 Å². The van der Waals surface area contributed by atoms with Crippen molar-refractivity contribution in [3.63, 3.8) is 0 Å². The zero-order valence-electron chi connectivity index (χ0n) is 14.2. The summed E-state index contributed by atoms with van der Waals surface area (Å²) in [7, 11) is -2.70. The molecule has 0 fully saturated rings. The molecule has 2 heterocycles. The number of cyclic esters (lactones) is 1. The van der Waals surface area contributed by atoms with Crippen molar-refractivity contribution in [2.24, 2.45) is 0 Å². The van der Waals surface area contributed by atoms with E-state index in [0.717, 1.165) is 0 Å².